The molecule has 2 aliphatic rings. The monoisotopic (exact) mass is 242 g/mol. The van der Waals surface area contributed by atoms with Crippen molar-refractivity contribution in [1.82, 2.24) is 0 Å². The van der Waals surface area contributed by atoms with Crippen molar-refractivity contribution in [3.05, 3.63) is 47.6 Å². The highest BCUT2D eigenvalue weighted by molar-refractivity contribution is 5.91. The van der Waals surface area contributed by atoms with Crippen molar-refractivity contribution >= 4 is 17.3 Å². The first-order chi connectivity index (χ1) is 8.74. The zero-order chi connectivity index (χ0) is 12.5. The highest BCUT2D eigenvalue weighted by Gasteiger charge is 2.19. The van der Waals surface area contributed by atoms with Gasteiger partial charge in [-0.1, -0.05) is 18.2 Å². The van der Waals surface area contributed by atoms with Gasteiger partial charge in [0.2, 0.25) is 0 Å². The number of rotatable bonds is 1. The molecule has 1 aliphatic carbocycles. The normalized spacial score (nSPS) is 20.7. The van der Waals surface area contributed by atoms with E-state index in [0.717, 1.165) is 24.3 Å². The van der Waals surface area contributed by atoms with Crippen LogP contribution < -0.4 is 10.6 Å². The number of nitrogens with one attached hydrogen (secondary N) is 2. The average Bonchev–Trinajstić information content (AvgIpc) is 2.56. The number of carbonyl (C=O) groups is 1. The highest BCUT2D eigenvalue weighted by Crippen LogP contribution is 2.30. The van der Waals surface area contributed by atoms with Crippen molar-refractivity contribution in [2.75, 3.05) is 17.2 Å². The Balaban J connectivity index is 1.97. The minimum absolute atomic E-state index is 0.211. The molecular formula is C14H14N2O2. The quantitative estimate of drug-likeness (QED) is 0.662. The maximum Gasteiger partial charge on any atom is 0.335 e. The molecule has 18 heavy (non-hydrogen) atoms. The largest absolute Gasteiger partial charge is 0.478 e. The summed E-state index contributed by atoms with van der Waals surface area (Å²) in [5, 5.41) is 15.7. The molecule has 3 rings (SSSR count). The summed E-state index contributed by atoms with van der Waals surface area (Å²) in [6, 6.07) is 5.32. The topological polar surface area (TPSA) is 61.4 Å². The first-order valence-electron chi connectivity index (χ1n) is 5.97. The predicted octanol–water partition coefficient (Wildman–Crippen LogP) is 2.48. The number of hydrogen-bond acceptors (Lipinski definition) is 3. The van der Waals surface area contributed by atoms with E-state index in [1.165, 1.54) is 5.57 Å². The van der Waals surface area contributed by atoms with Crippen LogP contribution in [0.4, 0.5) is 11.4 Å². The van der Waals surface area contributed by atoms with Crippen molar-refractivity contribution in [2.45, 2.75) is 12.5 Å². The minimum atomic E-state index is -0.902. The summed E-state index contributed by atoms with van der Waals surface area (Å²) < 4.78 is 0. The van der Waals surface area contributed by atoms with Gasteiger partial charge in [-0.25, -0.2) is 4.79 Å². The van der Waals surface area contributed by atoms with Crippen molar-refractivity contribution in [2.24, 2.45) is 0 Å². The first kappa shape index (κ1) is 10.9. The van der Waals surface area contributed by atoms with Crippen molar-refractivity contribution in [3.63, 3.8) is 0 Å². The fraction of sp³-hybridized carbons (Fsp3) is 0.214. The van der Waals surface area contributed by atoms with E-state index in [4.69, 9.17) is 5.11 Å². The van der Waals surface area contributed by atoms with Crippen molar-refractivity contribution in [3.8, 4) is 0 Å². The van der Waals surface area contributed by atoms with Crippen LogP contribution >= 0.6 is 0 Å². The van der Waals surface area contributed by atoms with E-state index < -0.39 is 5.97 Å². The van der Waals surface area contributed by atoms with Crippen LogP contribution in [-0.2, 0) is 0 Å². The zero-order valence-electron chi connectivity index (χ0n) is 9.81. The summed E-state index contributed by atoms with van der Waals surface area (Å²) in [4.78, 5) is 11.0. The lowest BCUT2D eigenvalue weighted by Gasteiger charge is -2.19. The summed E-state index contributed by atoms with van der Waals surface area (Å²) >= 11 is 0. The van der Waals surface area contributed by atoms with Crippen LogP contribution in [0.15, 0.2) is 42.0 Å². The number of carboxylic acids is 1. The van der Waals surface area contributed by atoms with Gasteiger partial charge < -0.3 is 15.7 Å². The summed E-state index contributed by atoms with van der Waals surface area (Å²) in [6.45, 7) is 0.748. The maximum absolute atomic E-state index is 11.0. The zero-order valence-corrected chi connectivity index (χ0v) is 9.81. The number of aromatic carboxylic acids is 1. The van der Waals surface area contributed by atoms with Gasteiger partial charge in [0.1, 0.15) is 0 Å². The van der Waals surface area contributed by atoms with Gasteiger partial charge in [-0.05, 0) is 30.2 Å². The summed E-state index contributed by atoms with van der Waals surface area (Å²) in [5.41, 5.74) is 3.39. The van der Waals surface area contributed by atoms with Gasteiger partial charge in [0, 0.05) is 6.54 Å². The third-order valence-corrected chi connectivity index (χ3v) is 3.30. The number of carboxylic acid groups (broad SMARTS) is 1. The van der Waals surface area contributed by atoms with Crippen LogP contribution in [-0.4, -0.2) is 23.7 Å². The van der Waals surface area contributed by atoms with Crippen LogP contribution in [0.5, 0.6) is 0 Å². The second kappa shape index (κ2) is 4.22. The van der Waals surface area contributed by atoms with E-state index >= 15 is 0 Å². The molecule has 4 nitrogen and oxygen atoms in total. The molecule has 0 radical (unpaired) electrons. The lowest BCUT2D eigenvalue weighted by Crippen LogP contribution is -2.22. The lowest BCUT2D eigenvalue weighted by molar-refractivity contribution is 0.0697. The second-order valence-electron chi connectivity index (χ2n) is 4.48. The van der Waals surface area contributed by atoms with Gasteiger partial charge >= 0.3 is 5.97 Å². The molecule has 1 atom stereocenters. The van der Waals surface area contributed by atoms with E-state index in [-0.39, 0.29) is 6.04 Å². The number of anilines is 2. The van der Waals surface area contributed by atoms with Gasteiger partial charge in [-0.2, -0.15) is 0 Å². The Bertz CT molecular complexity index is 561. The fourth-order valence-corrected chi connectivity index (χ4v) is 2.32. The molecular weight excluding hydrogens is 228 g/mol. The maximum atomic E-state index is 11.0. The minimum Gasteiger partial charge on any atom is -0.478 e. The molecule has 4 heteroatoms. The SMILES string of the molecule is O=C(O)c1ccc2c(c1)NCC1=CCC=CC1N2. The van der Waals surface area contributed by atoms with Gasteiger partial charge in [0.05, 0.1) is 23.0 Å². The second-order valence-corrected chi connectivity index (χ2v) is 4.48. The molecule has 1 heterocycles. The van der Waals surface area contributed by atoms with Crippen LogP contribution in [0, 0.1) is 0 Å². The molecule has 92 valence electrons. The fourth-order valence-electron chi connectivity index (χ4n) is 2.32. The Labute approximate surface area is 105 Å². The molecule has 0 saturated heterocycles. The molecule has 0 amide bonds. The average molecular weight is 242 g/mol. The number of allylic oxidation sites excluding steroid dienone is 2. The number of benzene rings is 1. The van der Waals surface area contributed by atoms with E-state index in [2.05, 4.69) is 28.9 Å². The number of hydrogen-bond donors (Lipinski definition) is 3. The molecule has 3 N–H and O–H groups in total. The number of fused-ring (bicyclic) bond motifs is 2. The smallest absolute Gasteiger partial charge is 0.335 e. The van der Waals surface area contributed by atoms with Gasteiger partial charge in [-0.3, -0.25) is 0 Å². The molecule has 0 aromatic heterocycles. The Morgan fingerprint density at radius 1 is 1.33 bits per heavy atom. The molecule has 1 unspecified atom stereocenters. The van der Waals surface area contributed by atoms with Gasteiger partial charge in [0.25, 0.3) is 0 Å². The lowest BCUT2D eigenvalue weighted by atomic mass is 10.0. The van der Waals surface area contributed by atoms with Crippen LogP contribution in [0.3, 0.4) is 0 Å². The van der Waals surface area contributed by atoms with Crippen LogP contribution in [0.1, 0.15) is 16.8 Å². The Morgan fingerprint density at radius 3 is 3.06 bits per heavy atom. The molecule has 1 aromatic carbocycles. The molecule has 1 aliphatic heterocycles. The Kier molecular flexibility index (Phi) is 2.55. The first-order valence-corrected chi connectivity index (χ1v) is 5.97. The highest BCUT2D eigenvalue weighted by atomic mass is 16.4. The molecule has 0 saturated carbocycles. The summed E-state index contributed by atoms with van der Waals surface area (Å²) in [6.07, 6.45) is 7.45. The molecule has 0 bridgehead atoms. The van der Waals surface area contributed by atoms with Gasteiger partial charge in [-0.15, -0.1) is 0 Å². The van der Waals surface area contributed by atoms with E-state index in [1.807, 2.05) is 6.07 Å². The molecule has 1 aromatic rings. The summed E-state index contributed by atoms with van der Waals surface area (Å²) in [5.74, 6) is -0.902. The van der Waals surface area contributed by atoms with Crippen molar-refractivity contribution in [1.29, 1.82) is 0 Å². The molecule has 0 spiro atoms. The van der Waals surface area contributed by atoms with E-state index in [9.17, 15) is 4.79 Å². The third-order valence-electron chi connectivity index (χ3n) is 3.30. The Hall–Kier alpha value is -2.23. The van der Waals surface area contributed by atoms with Crippen molar-refractivity contribution < 1.29 is 9.90 Å². The van der Waals surface area contributed by atoms with Crippen LogP contribution in [0.25, 0.3) is 0 Å². The standard InChI is InChI=1S/C14H14N2O2/c17-14(18)9-5-6-12-13(7-9)15-8-10-3-1-2-4-11(10)16-12/h2-7,11,15-16H,1,8H2,(H,17,18). The summed E-state index contributed by atoms with van der Waals surface area (Å²) in [7, 11) is 0. The third kappa shape index (κ3) is 1.86. The predicted molar refractivity (Wildman–Crippen MR) is 71.1 cm³/mol. The van der Waals surface area contributed by atoms with E-state index in [1.54, 1.807) is 12.1 Å². The molecule has 0 fully saturated rings. The van der Waals surface area contributed by atoms with Gasteiger partial charge in [0.15, 0.2) is 0 Å². The van der Waals surface area contributed by atoms with E-state index in [0.29, 0.717) is 5.56 Å². The van der Waals surface area contributed by atoms with Crippen LogP contribution in [0.2, 0.25) is 0 Å². The Morgan fingerprint density at radius 2 is 2.22 bits per heavy atom.